The monoisotopic (exact) mass is 508 g/mol. The van der Waals surface area contributed by atoms with Gasteiger partial charge < -0.3 is 19.5 Å². The molecule has 9 nitrogen and oxygen atoms in total. The Labute approximate surface area is 215 Å². The first kappa shape index (κ1) is 27.6. The number of piperidine rings is 1. The second kappa shape index (κ2) is 13.9. The second-order valence-corrected chi connectivity index (χ2v) is 8.87. The first-order chi connectivity index (χ1) is 17.8. The summed E-state index contributed by atoms with van der Waals surface area (Å²) in [6.45, 7) is 5.14. The van der Waals surface area contributed by atoms with Crippen LogP contribution >= 0.6 is 0 Å². The van der Waals surface area contributed by atoms with E-state index in [9.17, 15) is 14.4 Å². The minimum atomic E-state index is -1.26. The van der Waals surface area contributed by atoms with Crippen LogP contribution in [0.2, 0.25) is 0 Å². The molecule has 4 rings (SSSR count). The molecule has 0 spiro atoms. The molecular weight excluding hydrogens is 476 g/mol. The number of ether oxygens (including phenoxy) is 1. The van der Waals surface area contributed by atoms with E-state index in [1.165, 1.54) is 18.4 Å². The lowest BCUT2D eigenvalue weighted by molar-refractivity contribution is -0.134. The van der Waals surface area contributed by atoms with Crippen molar-refractivity contribution in [1.82, 2.24) is 10.1 Å². The molecule has 3 aromatic rings. The van der Waals surface area contributed by atoms with Crippen LogP contribution in [0, 0.1) is 5.92 Å². The molecule has 0 aliphatic carbocycles. The van der Waals surface area contributed by atoms with Crippen molar-refractivity contribution in [2.24, 2.45) is 5.92 Å². The van der Waals surface area contributed by atoms with Crippen molar-refractivity contribution in [3.8, 4) is 5.75 Å². The first-order valence-corrected chi connectivity index (χ1v) is 12.3. The van der Waals surface area contributed by atoms with Gasteiger partial charge in [0, 0.05) is 36.6 Å². The highest BCUT2D eigenvalue weighted by molar-refractivity contribution is 5.89. The zero-order valence-electron chi connectivity index (χ0n) is 20.8. The summed E-state index contributed by atoms with van der Waals surface area (Å²) in [5, 5.41) is 20.9. The third kappa shape index (κ3) is 9.20. The Bertz CT molecular complexity index is 1200. The van der Waals surface area contributed by atoms with Crippen LogP contribution in [0.25, 0.3) is 11.0 Å². The van der Waals surface area contributed by atoms with Gasteiger partial charge in [-0.2, -0.15) is 0 Å². The van der Waals surface area contributed by atoms with E-state index in [4.69, 9.17) is 19.5 Å². The third-order valence-electron chi connectivity index (χ3n) is 6.15. The maximum Gasteiger partial charge on any atom is 0.328 e. The molecule has 0 saturated carbocycles. The number of hydrogen-bond donors (Lipinski definition) is 2. The molecule has 0 atom stereocenters. The maximum atomic E-state index is 11.5. The minimum absolute atomic E-state index is 0.248. The van der Waals surface area contributed by atoms with Gasteiger partial charge in [-0.15, -0.1) is 0 Å². The van der Waals surface area contributed by atoms with Crippen LogP contribution in [0.4, 0.5) is 0 Å². The number of aromatic nitrogens is 1. The largest absolute Gasteiger partial charge is 0.478 e. The van der Waals surface area contributed by atoms with Crippen LogP contribution in [0.15, 0.2) is 65.2 Å². The standard InChI is InChI=1S/C24H28N2O3.C4H4O4/c1-2-24(27)28-20-9-10-21-22(25-29-23(21)16-20)11-8-18-12-14-26(15-13-18)17-19-6-4-3-5-7-19;5-3(6)1-2-4(7)8/h3-7,9-10,16,18H,2,8,11-15,17H2,1H3;1-2H,(H,5,6)(H,7,8). The lowest BCUT2D eigenvalue weighted by atomic mass is 9.91. The molecule has 0 radical (unpaired) electrons. The summed E-state index contributed by atoms with van der Waals surface area (Å²) in [5.74, 6) is -1.51. The second-order valence-electron chi connectivity index (χ2n) is 8.87. The maximum absolute atomic E-state index is 11.5. The van der Waals surface area contributed by atoms with E-state index in [1.54, 1.807) is 13.0 Å². The fraction of sp³-hybridized carbons (Fsp3) is 0.357. The summed E-state index contributed by atoms with van der Waals surface area (Å²) < 4.78 is 10.7. The quantitative estimate of drug-likeness (QED) is 0.240. The number of carboxylic acids is 2. The van der Waals surface area contributed by atoms with Crippen LogP contribution in [-0.4, -0.2) is 51.3 Å². The highest BCUT2D eigenvalue weighted by Gasteiger charge is 2.20. The number of benzene rings is 2. The summed E-state index contributed by atoms with van der Waals surface area (Å²) in [6.07, 6.45) is 5.99. The number of nitrogens with zero attached hydrogens (tertiary/aromatic N) is 2. The van der Waals surface area contributed by atoms with Crippen LogP contribution in [-0.2, 0) is 27.3 Å². The number of rotatable bonds is 9. The Morgan fingerprint density at radius 2 is 1.73 bits per heavy atom. The number of carbonyl (C=O) groups excluding carboxylic acids is 1. The average molecular weight is 509 g/mol. The minimum Gasteiger partial charge on any atom is -0.478 e. The number of aliphatic carboxylic acids is 2. The zero-order chi connectivity index (χ0) is 26.6. The van der Waals surface area contributed by atoms with E-state index in [2.05, 4.69) is 40.4 Å². The van der Waals surface area contributed by atoms with E-state index in [1.807, 2.05) is 12.1 Å². The molecule has 1 saturated heterocycles. The molecular formula is C28H32N2O7. The fourth-order valence-corrected chi connectivity index (χ4v) is 4.18. The van der Waals surface area contributed by atoms with Gasteiger partial charge in [-0.25, -0.2) is 9.59 Å². The predicted octanol–water partition coefficient (Wildman–Crippen LogP) is 4.70. The molecule has 1 aromatic heterocycles. The van der Waals surface area contributed by atoms with Crippen molar-refractivity contribution < 1.29 is 33.9 Å². The van der Waals surface area contributed by atoms with Gasteiger partial charge in [0.2, 0.25) is 0 Å². The molecule has 2 N–H and O–H groups in total. The lowest BCUT2D eigenvalue weighted by Crippen LogP contribution is -2.33. The summed E-state index contributed by atoms with van der Waals surface area (Å²) in [4.78, 5) is 33.1. The Kier molecular flexibility index (Phi) is 10.4. The molecule has 196 valence electrons. The number of likely N-dealkylation sites (tertiary alicyclic amines) is 1. The Morgan fingerprint density at radius 1 is 1.05 bits per heavy atom. The number of fused-ring (bicyclic) bond motifs is 1. The molecule has 1 fully saturated rings. The highest BCUT2D eigenvalue weighted by Crippen LogP contribution is 2.28. The molecule has 1 aliphatic rings. The van der Waals surface area contributed by atoms with Gasteiger partial charge in [0.15, 0.2) is 5.58 Å². The van der Waals surface area contributed by atoms with Gasteiger partial charge in [0.1, 0.15) is 5.75 Å². The van der Waals surface area contributed by atoms with Gasteiger partial charge >= 0.3 is 17.9 Å². The number of esters is 1. The van der Waals surface area contributed by atoms with Crippen molar-refractivity contribution in [2.75, 3.05) is 13.1 Å². The number of hydrogen-bond acceptors (Lipinski definition) is 7. The molecule has 0 amide bonds. The Hall–Kier alpha value is -3.98. The normalized spacial score (nSPS) is 14.3. The molecule has 9 heteroatoms. The molecule has 1 aliphatic heterocycles. The van der Waals surface area contributed by atoms with Crippen LogP contribution < -0.4 is 4.74 Å². The Balaban J connectivity index is 0.000000414. The van der Waals surface area contributed by atoms with E-state index in [0.29, 0.717) is 29.9 Å². The average Bonchev–Trinajstić information content (AvgIpc) is 3.30. The molecule has 2 aromatic carbocycles. The van der Waals surface area contributed by atoms with E-state index in [-0.39, 0.29) is 5.97 Å². The molecule has 0 unspecified atom stereocenters. The van der Waals surface area contributed by atoms with Gasteiger partial charge in [0.05, 0.1) is 5.69 Å². The van der Waals surface area contributed by atoms with Crippen LogP contribution in [0.3, 0.4) is 0 Å². The first-order valence-electron chi connectivity index (χ1n) is 12.3. The van der Waals surface area contributed by atoms with Crippen molar-refractivity contribution >= 4 is 28.9 Å². The number of aryl methyl sites for hydroxylation is 1. The van der Waals surface area contributed by atoms with Crippen molar-refractivity contribution in [3.05, 3.63) is 71.9 Å². The fourth-order valence-electron chi connectivity index (χ4n) is 4.18. The van der Waals surface area contributed by atoms with Gasteiger partial charge in [-0.3, -0.25) is 9.69 Å². The number of carbonyl (C=O) groups is 3. The van der Waals surface area contributed by atoms with Crippen molar-refractivity contribution in [3.63, 3.8) is 0 Å². The van der Waals surface area contributed by atoms with Crippen LogP contribution in [0.5, 0.6) is 5.75 Å². The lowest BCUT2D eigenvalue weighted by Gasteiger charge is -2.31. The topological polar surface area (TPSA) is 130 Å². The highest BCUT2D eigenvalue weighted by atomic mass is 16.5. The van der Waals surface area contributed by atoms with Crippen molar-refractivity contribution in [1.29, 1.82) is 0 Å². The molecule has 37 heavy (non-hydrogen) atoms. The van der Waals surface area contributed by atoms with Gasteiger partial charge in [-0.1, -0.05) is 42.4 Å². The van der Waals surface area contributed by atoms with Crippen molar-refractivity contribution in [2.45, 2.75) is 45.6 Å². The molecule has 2 heterocycles. The van der Waals surface area contributed by atoms with Crippen LogP contribution in [0.1, 0.15) is 43.9 Å². The Morgan fingerprint density at radius 3 is 2.35 bits per heavy atom. The SMILES string of the molecule is CCC(=O)Oc1ccc2c(CCC3CCN(Cc4ccccc4)CC3)noc2c1.O=C(O)C=CC(=O)O. The van der Waals surface area contributed by atoms with Gasteiger partial charge in [-0.05, 0) is 62.4 Å². The predicted molar refractivity (Wildman–Crippen MR) is 137 cm³/mol. The third-order valence-corrected chi connectivity index (χ3v) is 6.15. The summed E-state index contributed by atoms with van der Waals surface area (Å²) in [6, 6.07) is 16.2. The van der Waals surface area contributed by atoms with E-state index in [0.717, 1.165) is 49.5 Å². The summed E-state index contributed by atoms with van der Waals surface area (Å²) >= 11 is 0. The van der Waals surface area contributed by atoms with E-state index >= 15 is 0 Å². The number of carboxylic acid groups (broad SMARTS) is 2. The smallest absolute Gasteiger partial charge is 0.328 e. The summed E-state index contributed by atoms with van der Waals surface area (Å²) in [5.41, 5.74) is 3.07. The van der Waals surface area contributed by atoms with E-state index < -0.39 is 11.9 Å². The molecule has 0 bridgehead atoms. The summed E-state index contributed by atoms with van der Waals surface area (Å²) in [7, 11) is 0. The van der Waals surface area contributed by atoms with Gasteiger partial charge in [0.25, 0.3) is 0 Å². The zero-order valence-corrected chi connectivity index (χ0v) is 20.8.